The Labute approximate surface area is 124 Å². The van der Waals surface area contributed by atoms with Gasteiger partial charge in [-0.05, 0) is 29.1 Å². The quantitative estimate of drug-likeness (QED) is 0.696. The van der Waals surface area contributed by atoms with Crippen LogP contribution in [0.25, 0.3) is 10.2 Å². The topological polar surface area (TPSA) is 61.2 Å². The number of hydrogen-bond donors (Lipinski definition) is 0. The summed E-state index contributed by atoms with van der Waals surface area (Å²) >= 11 is 1.39. The van der Waals surface area contributed by atoms with Gasteiger partial charge in [-0.1, -0.05) is 12.1 Å². The molecule has 6 heteroatoms. The van der Waals surface area contributed by atoms with Crippen LogP contribution in [0.3, 0.4) is 0 Å². The van der Waals surface area contributed by atoms with Crippen molar-refractivity contribution in [3.63, 3.8) is 0 Å². The molecule has 2 aromatic heterocycles. The van der Waals surface area contributed by atoms with Gasteiger partial charge in [0, 0.05) is 0 Å². The number of hydrogen-bond acceptors (Lipinski definition) is 5. The lowest BCUT2D eigenvalue weighted by molar-refractivity contribution is 0.0600. The lowest BCUT2D eigenvalue weighted by Crippen LogP contribution is -2.20. The molecule has 1 aromatic carbocycles. The zero-order valence-corrected chi connectivity index (χ0v) is 12.1. The molecule has 3 aromatic rings. The van der Waals surface area contributed by atoms with Crippen molar-refractivity contribution < 1.29 is 9.53 Å². The molecule has 0 saturated heterocycles. The molecule has 21 heavy (non-hydrogen) atoms. The van der Waals surface area contributed by atoms with Crippen molar-refractivity contribution in [2.75, 3.05) is 7.11 Å². The number of thiophene rings is 1. The summed E-state index contributed by atoms with van der Waals surface area (Å²) in [6.07, 6.45) is 1.55. The Morgan fingerprint density at radius 3 is 2.76 bits per heavy atom. The lowest BCUT2D eigenvalue weighted by atomic mass is 10.1. The van der Waals surface area contributed by atoms with E-state index in [0.717, 1.165) is 11.1 Å². The van der Waals surface area contributed by atoms with Gasteiger partial charge in [-0.2, -0.15) is 0 Å². The maximum atomic E-state index is 12.3. The largest absolute Gasteiger partial charge is 0.465 e. The molecule has 0 aliphatic rings. The first-order valence-electron chi connectivity index (χ1n) is 6.29. The molecule has 0 aliphatic heterocycles. The molecule has 0 bridgehead atoms. The van der Waals surface area contributed by atoms with E-state index in [1.165, 1.54) is 18.4 Å². The molecule has 3 rings (SSSR count). The maximum absolute atomic E-state index is 12.3. The molecule has 0 atom stereocenters. The van der Waals surface area contributed by atoms with Crippen molar-refractivity contribution in [2.45, 2.75) is 6.54 Å². The molecule has 0 saturated carbocycles. The molecule has 2 heterocycles. The summed E-state index contributed by atoms with van der Waals surface area (Å²) in [6, 6.07) is 8.80. The van der Waals surface area contributed by atoms with Gasteiger partial charge < -0.3 is 4.74 Å². The van der Waals surface area contributed by atoms with Crippen molar-refractivity contribution in [3.05, 3.63) is 63.5 Å². The molecule has 0 fully saturated rings. The number of aromatic nitrogens is 2. The van der Waals surface area contributed by atoms with Crippen LogP contribution in [0, 0.1) is 0 Å². The summed E-state index contributed by atoms with van der Waals surface area (Å²) in [5.74, 6) is -0.375. The number of carbonyl (C=O) groups excluding carboxylic acids is 1. The number of methoxy groups -OCH3 is 1. The minimum Gasteiger partial charge on any atom is -0.465 e. The van der Waals surface area contributed by atoms with Crippen molar-refractivity contribution in [1.82, 2.24) is 9.55 Å². The highest BCUT2D eigenvalue weighted by Gasteiger charge is 2.07. The van der Waals surface area contributed by atoms with Gasteiger partial charge in [-0.15, -0.1) is 11.3 Å². The highest BCUT2D eigenvalue weighted by Crippen LogP contribution is 2.14. The third kappa shape index (κ3) is 2.57. The van der Waals surface area contributed by atoms with Gasteiger partial charge >= 0.3 is 5.97 Å². The Bertz CT molecular complexity index is 849. The predicted molar refractivity (Wildman–Crippen MR) is 80.8 cm³/mol. The van der Waals surface area contributed by atoms with Crippen LogP contribution in [0.4, 0.5) is 0 Å². The van der Waals surface area contributed by atoms with E-state index in [-0.39, 0.29) is 11.5 Å². The molecular formula is C15H12N2O3S. The number of ether oxygens (including phenoxy) is 1. The molecule has 0 radical (unpaired) electrons. The van der Waals surface area contributed by atoms with E-state index in [4.69, 9.17) is 0 Å². The van der Waals surface area contributed by atoms with Crippen LogP contribution in [0.15, 0.2) is 46.8 Å². The van der Waals surface area contributed by atoms with Crippen molar-refractivity contribution >= 4 is 27.5 Å². The van der Waals surface area contributed by atoms with Crippen molar-refractivity contribution in [2.24, 2.45) is 0 Å². The van der Waals surface area contributed by atoms with Crippen LogP contribution in [-0.4, -0.2) is 22.6 Å². The third-order valence-electron chi connectivity index (χ3n) is 3.16. The van der Waals surface area contributed by atoms with Gasteiger partial charge in [-0.25, -0.2) is 9.78 Å². The summed E-state index contributed by atoms with van der Waals surface area (Å²) in [4.78, 5) is 27.9. The second kappa shape index (κ2) is 5.49. The Morgan fingerprint density at radius 1 is 1.29 bits per heavy atom. The fourth-order valence-corrected chi connectivity index (χ4v) is 2.84. The maximum Gasteiger partial charge on any atom is 0.337 e. The van der Waals surface area contributed by atoms with E-state index in [1.54, 1.807) is 35.2 Å². The molecule has 0 spiro atoms. The molecule has 0 unspecified atom stereocenters. The molecule has 0 amide bonds. The normalized spacial score (nSPS) is 10.7. The lowest BCUT2D eigenvalue weighted by Gasteiger charge is -2.06. The fraction of sp³-hybridized carbons (Fsp3) is 0.133. The Balaban J connectivity index is 1.90. The number of fused-ring (bicyclic) bond motifs is 1. The van der Waals surface area contributed by atoms with Gasteiger partial charge in [0.2, 0.25) is 0 Å². The van der Waals surface area contributed by atoms with Crippen LogP contribution in [0.1, 0.15) is 15.9 Å². The highest BCUT2D eigenvalue weighted by atomic mass is 32.1. The number of nitrogens with zero attached hydrogens (tertiary/aromatic N) is 2. The van der Waals surface area contributed by atoms with E-state index in [1.807, 2.05) is 11.4 Å². The van der Waals surface area contributed by atoms with Gasteiger partial charge in [-0.3, -0.25) is 9.36 Å². The molecule has 0 N–H and O–H groups in total. The van der Waals surface area contributed by atoms with E-state index in [2.05, 4.69) is 9.72 Å². The molecule has 5 nitrogen and oxygen atoms in total. The van der Waals surface area contributed by atoms with Gasteiger partial charge in [0.15, 0.2) is 0 Å². The van der Waals surface area contributed by atoms with Crippen LogP contribution in [0.2, 0.25) is 0 Å². The van der Waals surface area contributed by atoms with Gasteiger partial charge in [0.05, 0.1) is 31.1 Å². The summed E-state index contributed by atoms with van der Waals surface area (Å²) in [6.45, 7) is 0.418. The van der Waals surface area contributed by atoms with Crippen LogP contribution in [0.5, 0.6) is 0 Å². The number of esters is 1. The highest BCUT2D eigenvalue weighted by molar-refractivity contribution is 7.17. The second-order valence-corrected chi connectivity index (χ2v) is 5.42. The SMILES string of the molecule is COC(=O)c1ccc(Cn2cnc3ccsc3c2=O)cc1. The van der Waals surface area contributed by atoms with Crippen LogP contribution in [-0.2, 0) is 11.3 Å². The minimum atomic E-state index is -0.375. The standard InChI is InChI=1S/C15H12N2O3S/c1-20-15(19)11-4-2-10(3-5-11)8-17-9-16-12-6-7-21-13(12)14(17)18/h2-7,9H,8H2,1H3. The molecule has 0 aliphatic carbocycles. The van der Waals surface area contributed by atoms with Crippen LogP contribution < -0.4 is 5.56 Å². The summed E-state index contributed by atoms with van der Waals surface area (Å²) in [5.41, 5.74) is 2.08. The number of benzene rings is 1. The van der Waals surface area contributed by atoms with Crippen molar-refractivity contribution in [1.29, 1.82) is 0 Å². The fourth-order valence-electron chi connectivity index (χ4n) is 2.05. The minimum absolute atomic E-state index is 0.0490. The average Bonchev–Trinajstić information content (AvgIpc) is 2.99. The van der Waals surface area contributed by atoms with E-state index in [9.17, 15) is 9.59 Å². The first-order chi connectivity index (χ1) is 10.2. The first-order valence-corrected chi connectivity index (χ1v) is 7.17. The number of rotatable bonds is 3. The smallest absolute Gasteiger partial charge is 0.337 e. The summed E-state index contributed by atoms with van der Waals surface area (Å²) in [5, 5.41) is 1.86. The van der Waals surface area contributed by atoms with E-state index in [0.29, 0.717) is 16.8 Å². The molecule has 106 valence electrons. The third-order valence-corrected chi connectivity index (χ3v) is 4.06. The molecular weight excluding hydrogens is 288 g/mol. The summed E-state index contributed by atoms with van der Waals surface area (Å²) in [7, 11) is 1.34. The van der Waals surface area contributed by atoms with Gasteiger partial charge in [0.25, 0.3) is 5.56 Å². The average molecular weight is 300 g/mol. The van der Waals surface area contributed by atoms with Gasteiger partial charge in [0.1, 0.15) is 4.70 Å². The monoisotopic (exact) mass is 300 g/mol. The zero-order chi connectivity index (χ0) is 14.8. The van der Waals surface area contributed by atoms with E-state index < -0.39 is 0 Å². The first kappa shape index (κ1) is 13.5. The Kier molecular flexibility index (Phi) is 3.53. The van der Waals surface area contributed by atoms with E-state index >= 15 is 0 Å². The van der Waals surface area contributed by atoms with Crippen LogP contribution >= 0.6 is 11.3 Å². The predicted octanol–water partition coefficient (Wildman–Crippen LogP) is 2.29. The Hall–Kier alpha value is -2.47. The Morgan fingerprint density at radius 2 is 2.05 bits per heavy atom. The van der Waals surface area contributed by atoms with Crippen molar-refractivity contribution in [3.8, 4) is 0 Å². The second-order valence-electron chi connectivity index (χ2n) is 4.50. The summed E-state index contributed by atoms with van der Waals surface area (Å²) < 4.78 is 6.87. The zero-order valence-electron chi connectivity index (χ0n) is 11.3. The number of carbonyl (C=O) groups is 1.